The van der Waals surface area contributed by atoms with E-state index in [2.05, 4.69) is 20.9 Å². The Kier molecular flexibility index (Phi) is 2.24. The first-order valence-corrected chi connectivity index (χ1v) is 3.54. The van der Waals surface area contributed by atoms with Gasteiger partial charge in [0, 0.05) is 4.47 Å². The Balaban J connectivity index is 3.07. The van der Waals surface area contributed by atoms with Crippen molar-refractivity contribution in [3.8, 4) is 0 Å². The minimum atomic E-state index is -0.0686. The lowest BCUT2D eigenvalue weighted by Crippen LogP contribution is -1.93. The predicted molar refractivity (Wildman–Crippen MR) is 42.3 cm³/mol. The smallest absolute Gasteiger partial charge is 0.0864 e. The fourth-order valence-corrected chi connectivity index (χ4v) is 1.09. The van der Waals surface area contributed by atoms with Gasteiger partial charge in [-0.05, 0) is 22.0 Å². The number of hydrogen-bond acceptors (Lipinski definition) is 3. The molecule has 10 heavy (non-hydrogen) atoms. The molecule has 3 nitrogen and oxygen atoms in total. The maximum absolute atomic E-state index is 8.68. The Hall–Kier alpha value is -0.610. The molecule has 0 amide bonds. The van der Waals surface area contributed by atoms with Crippen LogP contribution >= 0.6 is 15.9 Å². The van der Waals surface area contributed by atoms with E-state index in [0.717, 1.165) is 4.47 Å². The van der Waals surface area contributed by atoms with Crippen molar-refractivity contribution in [2.45, 2.75) is 6.61 Å². The maximum atomic E-state index is 8.68. The van der Waals surface area contributed by atoms with E-state index >= 15 is 0 Å². The number of halogens is 1. The number of pyridine rings is 1. The summed E-state index contributed by atoms with van der Waals surface area (Å²) in [7, 11) is 0. The second-order valence-electron chi connectivity index (χ2n) is 1.86. The van der Waals surface area contributed by atoms with Crippen LogP contribution in [0.15, 0.2) is 16.7 Å². The lowest BCUT2D eigenvalue weighted by molar-refractivity contribution is 0.276. The number of aliphatic hydroxyl groups excluding tert-OH is 1. The van der Waals surface area contributed by atoms with Gasteiger partial charge >= 0.3 is 0 Å². The number of aliphatic hydroxyl groups is 1. The van der Waals surface area contributed by atoms with Gasteiger partial charge in [-0.15, -0.1) is 0 Å². The highest BCUT2D eigenvalue weighted by Gasteiger charge is 1.98. The van der Waals surface area contributed by atoms with Crippen LogP contribution < -0.4 is 5.73 Å². The molecule has 0 bridgehead atoms. The zero-order valence-electron chi connectivity index (χ0n) is 5.21. The van der Waals surface area contributed by atoms with Crippen LogP contribution in [-0.4, -0.2) is 10.1 Å². The minimum absolute atomic E-state index is 0.0686. The Morgan fingerprint density at radius 2 is 2.40 bits per heavy atom. The van der Waals surface area contributed by atoms with Gasteiger partial charge in [-0.25, -0.2) is 0 Å². The molecule has 4 heteroatoms. The molecule has 0 unspecified atom stereocenters. The third kappa shape index (κ3) is 1.46. The molecule has 0 aliphatic rings. The third-order valence-electron chi connectivity index (χ3n) is 1.09. The van der Waals surface area contributed by atoms with Crippen LogP contribution in [0.25, 0.3) is 0 Å². The Morgan fingerprint density at radius 3 is 2.90 bits per heavy atom. The summed E-state index contributed by atoms with van der Waals surface area (Å²) in [4.78, 5) is 3.87. The first kappa shape index (κ1) is 7.50. The van der Waals surface area contributed by atoms with Gasteiger partial charge in [0.2, 0.25) is 0 Å². The molecule has 0 aliphatic heterocycles. The Labute approximate surface area is 67.0 Å². The summed E-state index contributed by atoms with van der Waals surface area (Å²) >= 11 is 3.20. The summed E-state index contributed by atoms with van der Waals surface area (Å²) in [5.74, 6) is 0. The van der Waals surface area contributed by atoms with Gasteiger partial charge in [-0.2, -0.15) is 0 Å². The van der Waals surface area contributed by atoms with E-state index in [-0.39, 0.29) is 6.61 Å². The summed E-state index contributed by atoms with van der Waals surface area (Å²) in [5, 5.41) is 8.68. The van der Waals surface area contributed by atoms with Crippen LogP contribution in [0.3, 0.4) is 0 Å². The van der Waals surface area contributed by atoms with Crippen molar-refractivity contribution in [3.63, 3.8) is 0 Å². The van der Waals surface area contributed by atoms with Crippen LogP contribution in [0.2, 0.25) is 0 Å². The molecule has 0 spiro atoms. The Bertz CT molecular complexity index is 239. The second-order valence-corrected chi connectivity index (χ2v) is 2.71. The fourth-order valence-electron chi connectivity index (χ4n) is 0.597. The van der Waals surface area contributed by atoms with Crippen molar-refractivity contribution in [2.24, 2.45) is 0 Å². The highest BCUT2D eigenvalue weighted by atomic mass is 79.9. The van der Waals surface area contributed by atoms with Crippen molar-refractivity contribution in [3.05, 3.63) is 22.4 Å². The first-order chi connectivity index (χ1) is 4.74. The molecule has 0 aromatic carbocycles. The SMILES string of the molecule is Nc1cnc(CO)c(Br)c1. The molecule has 0 saturated heterocycles. The van der Waals surface area contributed by atoms with E-state index in [1.165, 1.54) is 6.20 Å². The van der Waals surface area contributed by atoms with E-state index in [0.29, 0.717) is 11.4 Å². The summed E-state index contributed by atoms with van der Waals surface area (Å²) in [5.41, 5.74) is 6.60. The fraction of sp³-hybridized carbons (Fsp3) is 0.167. The standard InChI is InChI=1S/C6H7BrN2O/c7-5-1-4(8)2-9-6(5)3-10/h1-2,10H,3,8H2. The number of aromatic nitrogens is 1. The molecule has 0 radical (unpaired) electrons. The van der Waals surface area contributed by atoms with E-state index in [1.807, 2.05) is 0 Å². The Morgan fingerprint density at radius 1 is 1.70 bits per heavy atom. The highest BCUT2D eigenvalue weighted by molar-refractivity contribution is 9.10. The third-order valence-corrected chi connectivity index (χ3v) is 1.77. The monoisotopic (exact) mass is 202 g/mol. The minimum Gasteiger partial charge on any atom is -0.397 e. The van der Waals surface area contributed by atoms with E-state index < -0.39 is 0 Å². The van der Waals surface area contributed by atoms with Crippen molar-refractivity contribution < 1.29 is 5.11 Å². The van der Waals surface area contributed by atoms with Gasteiger partial charge in [0.15, 0.2) is 0 Å². The van der Waals surface area contributed by atoms with Gasteiger partial charge in [-0.3, -0.25) is 4.98 Å². The quantitative estimate of drug-likeness (QED) is 0.713. The number of nitrogens with zero attached hydrogens (tertiary/aromatic N) is 1. The van der Waals surface area contributed by atoms with Gasteiger partial charge in [0.05, 0.1) is 24.2 Å². The van der Waals surface area contributed by atoms with Crippen molar-refractivity contribution in [2.75, 3.05) is 5.73 Å². The molecule has 3 N–H and O–H groups in total. The van der Waals surface area contributed by atoms with Gasteiger partial charge in [-0.1, -0.05) is 0 Å². The van der Waals surface area contributed by atoms with Crippen molar-refractivity contribution in [1.82, 2.24) is 4.98 Å². The van der Waals surface area contributed by atoms with Gasteiger partial charge in [0.1, 0.15) is 0 Å². The molecule has 1 aromatic heterocycles. The summed E-state index contributed by atoms with van der Waals surface area (Å²) in [6, 6.07) is 1.71. The molecule has 0 saturated carbocycles. The van der Waals surface area contributed by atoms with Gasteiger partial charge in [0.25, 0.3) is 0 Å². The van der Waals surface area contributed by atoms with Crippen molar-refractivity contribution in [1.29, 1.82) is 0 Å². The number of nitrogens with two attached hydrogens (primary N) is 1. The maximum Gasteiger partial charge on any atom is 0.0864 e. The average molecular weight is 203 g/mol. The van der Waals surface area contributed by atoms with E-state index in [1.54, 1.807) is 6.07 Å². The highest BCUT2D eigenvalue weighted by Crippen LogP contribution is 2.16. The zero-order chi connectivity index (χ0) is 7.56. The van der Waals surface area contributed by atoms with Gasteiger partial charge < -0.3 is 10.8 Å². The van der Waals surface area contributed by atoms with Crippen LogP contribution in [-0.2, 0) is 6.61 Å². The summed E-state index contributed by atoms with van der Waals surface area (Å²) in [6.07, 6.45) is 1.51. The first-order valence-electron chi connectivity index (χ1n) is 2.75. The molecule has 0 aliphatic carbocycles. The second kappa shape index (κ2) is 2.98. The molecular formula is C6H7BrN2O. The van der Waals surface area contributed by atoms with Crippen molar-refractivity contribution >= 4 is 21.6 Å². The predicted octanol–water partition coefficient (Wildman–Crippen LogP) is 0.919. The van der Waals surface area contributed by atoms with Crippen LogP contribution in [0.5, 0.6) is 0 Å². The molecule has 0 atom stereocenters. The lowest BCUT2D eigenvalue weighted by atomic mass is 10.3. The van der Waals surface area contributed by atoms with Crippen LogP contribution in [0, 0.1) is 0 Å². The lowest BCUT2D eigenvalue weighted by Gasteiger charge is -1.98. The number of rotatable bonds is 1. The van der Waals surface area contributed by atoms with E-state index in [4.69, 9.17) is 10.8 Å². The molecule has 1 heterocycles. The summed E-state index contributed by atoms with van der Waals surface area (Å²) in [6.45, 7) is -0.0686. The molecule has 1 aromatic rings. The van der Waals surface area contributed by atoms with E-state index in [9.17, 15) is 0 Å². The average Bonchev–Trinajstić information content (AvgIpc) is 1.88. The molecule has 54 valence electrons. The number of hydrogen-bond donors (Lipinski definition) is 2. The largest absolute Gasteiger partial charge is 0.397 e. The topological polar surface area (TPSA) is 59.1 Å². The number of anilines is 1. The molecule has 0 fully saturated rings. The van der Waals surface area contributed by atoms with Crippen LogP contribution in [0.4, 0.5) is 5.69 Å². The zero-order valence-corrected chi connectivity index (χ0v) is 6.80. The summed E-state index contributed by atoms with van der Waals surface area (Å²) < 4.78 is 0.745. The number of nitrogen functional groups attached to an aromatic ring is 1. The molecule has 1 rings (SSSR count). The van der Waals surface area contributed by atoms with Crippen LogP contribution in [0.1, 0.15) is 5.69 Å². The molecular weight excluding hydrogens is 196 g/mol. The normalized spacial score (nSPS) is 9.80.